The fourth-order valence-corrected chi connectivity index (χ4v) is 4.55. The van der Waals surface area contributed by atoms with E-state index in [1.165, 1.54) is 5.56 Å². The van der Waals surface area contributed by atoms with E-state index in [2.05, 4.69) is 32.6 Å². The molecule has 2 aromatic carbocycles. The Bertz CT molecular complexity index is 1350. The highest BCUT2D eigenvalue weighted by Crippen LogP contribution is 2.27. The Labute approximate surface area is 208 Å². The molecule has 9 heteroatoms. The molecule has 0 radical (unpaired) electrons. The van der Waals surface area contributed by atoms with Crippen LogP contribution in [0, 0.1) is 0 Å². The first-order valence-electron chi connectivity index (χ1n) is 12.1. The van der Waals surface area contributed by atoms with Crippen LogP contribution in [0.2, 0.25) is 0 Å². The Morgan fingerprint density at radius 1 is 1.08 bits per heavy atom. The van der Waals surface area contributed by atoms with Crippen molar-refractivity contribution in [1.82, 2.24) is 25.1 Å². The zero-order chi connectivity index (χ0) is 24.3. The molecule has 9 nitrogen and oxygen atoms in total. The number of carbonyl (C=O) groups is 1. The second-order valence-corrected chi connectivity index (χ2v) is 8.98. The van der Waals surface area contributed by atoms with Gasteiger partial charge in [0.15, 0.2) is 5.82 Å². The molecule has 4 heterocycles. The van der Waals surface area contributed by atoms with Crippen LogP contribution in [0.4, 0.5) is 16.3 Å². The van der Waals surface area contributed by atoms with Gasteiger partial charge in [0, 0.05) is 48.7 Å². The van der Waals surface area contributed by atoms with Crippen molar-refractivity contribution in [1.29, 1.82) is 0 Å². The van der Waals surface area contributed by atoms with Crippen molar-refractivity contribution in [2.24, 2.45) is 0 Å². The Morgan fingerprint density at radius 2 is 1.97 bits per heavy atom. The van der Waals surface area contributed by atoms with Crippen LogP contribution < -0.4 is 5.32 Å². The summed E-state index contributed by atoms with van der Waals surface area (Å²) in [6.07, 6.45) is 6.55. The van der Waals surface area contributed by atoms with E-state index in [-0.39, 0.29) is 12.2 Å². The normalized spacial score (nSPS) is 17.0. The highest BCUT2D eigenvalue weighted by atomic mass is 16.6. The lowest BCUT2D eigenvalue weighted by Crippen LogP contribution is -2.38. The molecular weight excluding hydrogens is 456 g/mol. The first-order chi connectivity index (χ1) is 17.7. The number of H-pyrrole nitrogens is 1. The molecule has 2 aliphatic heterocycles. The van der Waals surface area contributed by atoms with Gasteiger partial charge in [-0.05, 0) is 47.4 Å². The Kier molecular flexibility index (Phi) is 6.05. The van der Waals surface area contributed by atoms with Crippen molar-refractivity contribution in [2.45, 2.75) is 25.5 Å². The molecule has 1 atom stereocenters. The van der Waals surface area contributed by atoms with Gasteiger partial charge in [0.05, 0.1) is 19.4 Å². The molecule has 0 aliphatic carbocycles. The highest BCUT2D eigenvalue weighted by molar-refractivity contribution is 5.70. The van der Waals surface area contributed by atoms with E-state index < -0.39 is 0 Å². The molecule has 2 aliphatic rings. The van der Waals surface area contributed by atoms with E-state index in [0.29, 0.717) is 37.9 Å². The lowest BCUT2D eigenvalue weighted by molar-refractivity contribution is 0.0516. The molecule has 1 saturated heterocycles. The fourth-order valence-electron chi connectivity index (χ4n) is 4.55. The molecule has 1 amide bonds. The van der Waals surface area contributed by atoms with E-state index in [9.17, 15) is 4.79 Å². The summed E-state index contributed by atoms with van der Waals surface area (Å²) in [6, 6.07) is 16.2. The lowest BCUT2D eigenvalue weighted by Gasteiger charge is -2.29. The topological polar surface area (TPSA) is 105 Å². The van der Waals surface area contributed by atoms with Gasteiger partial charge in [0.2, 0.25) is 0 Å². The number of carbonyl (C=O) groups excluding carboxylic acids is 1. The summed E-state index contributed by atoms with van der Waals surface area (Å²) in [5.41, 5.74) is 6.29. The third kappa shape index (κ3) is 4.78. The van der Waals surface area contributed by atoms with Crippen LogP contribution in [-0.4, -0.2) is 57.0 Å². The number of hydrogen-bond donors (Lipinski definition) is 2. The van der Waals surface area contributed by atoms with Gasteiger partial charge in [-0.2, -0.15) is 5.10 Å². The molecule has 0 bridgehead atoms. The quantitative estimate of drug-likeness (QED) is 0.430. The molecule has 6 rings (SSSR count). The third-order valence-corrected chi connectivity index (χ3v) is 6.53. The number of nitrogens with one attached hydrogen (secondary N) is 2. The number of amides is 1. The monoisotopic (exact) mass is 482 g/mol. The van der Waals surface area contributed by atoms with E-state index in [1.807, 2.05) is 42.6 Å². The van der Waals surface area contributed by atoms with Crippen LogP contribution in [0.3, 0.4) is 0 Å². The minimum Gasteiger partial charge on any atom is -0.444 e. The number of hydrogen-bond acceptors (Lipinski definition) is 7. The van der Waals surface area contributed by atoms with Crippen molar-refractivity contribution in [3.05, 3.63) is 78.2 Å². The smallest absolute Gasteiger partial charge is 0.410 e. The van der Waals surface area contributed by atoms with Crippen LogP contribution in [0.25, 0.3) is 22.5 Å². The number of aromatic amines is 1. The second kappa shape index (κ2) is 9.79. The van der Waals surface area contributed by atoms with Gasteiger partial charge in [-0.3, -0.25) is 5.10 Å². The van der Waals surface area contributed by atoms with Crippen LogP contribution in [0.5, 0.6) is 0 Å². The second-order valence-electron chi connectivity index (χ2n) is 8.98. The maximum absolute atomic E-state index is 12.6. The minimum atomic E-state index is -0.275. The summed E-state index contributed by atoms with van der Waals surface area (Å²) in [7, 11) is 0. The number of aromatic nitrogens is 4. The van der Waals surface area contributed by atoms with Gasteiger partial charge in [0.1, 0.15) is 11.9 Å². The van der Waals surface area contributed by atoms with E-state index in [1.54, 1.807) is 17.3 Å². The fraction of sp³-hybridized carbons (Fsp3) is 0.259. The van der Waals surface area contributed by atoms with Crippen LogP contribution in [0.15, 0.2) is 67.1 Å². The van der Waals surface area contributed by atoms with Gasteiger partial charge >= 0.3 is 6.09 Å². The van der Waals surface area contributed by atoms with E-state index in [4.69, 9.17) is 14.5 Å². The maximum atomic E-state index is 12.6. The number of ether oxygens (including phenoxy) is 2. The largest absolute Gasteiger partial charge is 0.444 e. The molecule has 1 unspecified atom stereocenters. The van der Waals surface area contributed by atoms with Gasteiger partial charge in [-0.25, -0.2) is 14.8 Å². The van der Waals surface area contributed by atoms with Gasteiger partial charge in [0.25, 0.3) is 0 Å². The number of anilines is 2. The number of nitrogens with zero attached hydrogens (tertiary/aromatic N) is 4. The van der Waals surface area contributed by atoms with Crippen molar-refractivity contribution >= 4 is 17.6 Å². The Hall–Kier alpha value is -4.24. The molecule has 36 heavy (non-hydrogen) atoms. The lowest BCUT2D eigenvalue weighted by atomic mass is 9.97. The molecule has 1 fully saturated rings. The summed E-state index contributed by atoms with van der Waals surface area (Å²) in [4.78, 5) is 23.6. The Balaban J connectivity index is 1.16. The average molecular weight is 483 g/mol. The van der Waals surface area contributed by atoms with Crippen LogP contribution in [-0.2, 0) is 22.4 Å². The molecule has 0 saturated carbocycles. The summed E-state index contributed by atoms with van der Waals surface area (Å²) < 4.78 is 10.9. The van der Waals surface area contributed by atoms with Gasteiger partial charge in [-0.15, -0.1) is 0 Å². The molecule has 182 valence electrons. The maximum Gasteiger partial charge on any atom is 0.410 e. The predicted molar refractivity (Wildman–Crippen MR) is 135 cm³/mol. The summed E-state index contributed by atoms with van der Waals surface area (Å²) >= 11 is 0. The predicted octanol–water partition coefficient (Wildman–Crippen LogP) is 4.56. The van der Waals surface area contributed by atoms with Gasteiger partial charge in [-0.1, -0.05) is 24.3 Å². The first-order valence-corrected chi connectivity index (χ1v) is 12.1. The van der Waals surface area contributed by atoms with Gasteiger partial charge < -0.3 is 19.7 Å². The van der Waals surface area contributed by atoms with Crippen molar-refractivity contribution < 1.29 is 14.3 Å². The summed E-state index contributed by atoms with van der Waals surface area (Å²) in [5.74, 6) is 1.33. The van der Waals surface area contributed by atoms with Crippen molar-refractivity contribution in [3.63, 3.8) is 0 Å². The SMILES string of the molecule is O=C(OC1CCOC1)N1CCc2ccc(-c3nccc(Nc4ccc(-c5cn[nH]c5)cc4)n3)cc2C1. The van der Waals surface area contributed by atoms with Crippen molar-refractivity contribution in [3.8, 4) is 22.5 Å². The number of benzene rings is 2. The van der Waals surface area contributed by atoms with Crippen LogP contribution in [0.1, 0.15) is 17.5 Å². The van der Waals surface area contributed by atoms with Crippen molar-refractivity contribution in [2.75, 3.05) is 25.1 Å². The molecular formula is C27H26N6O3. The first kappa shape index (κ1) is 22.2. The minimum absolute atomic E-state index is 0.143. The van der Waals surface area contributed by atoms with Crippen LogP contribution >= 0.6 is 0 Å². The number of fused-ring (bicyclic) bond motifs is 1. The summed E-state index contributed by atoms with van der Waals surface area (Å²) in [6.45, 7) is 2.29. The average Bonchev–Trinajstić information content (AvgIpc) is 3.64. The molecule has 2 aromatic heterocycles. The molecule has 4 aromatic rings. The Morgan fingerprint density at radius 3 is 2.78 bits per heavy atom. The standard InChI is InChI=1S/C27H26N6O3/c34-27(36-24-9-12-35-17-24)33-11-8-19-1-2-20(13-21(19)16-33)26-28-10-7-25(32-26)31-23-5-3-18(4-6-23)22-14-29-30-15-22/h1-7,10,13-15,24H,8-9,11-12,16-17H2,(H,29,30)(H,28,31,32). The highest BCUT2D eigenvalue weighted by Gasteiger charge is 2.26. The third-order valence-electron chi connectivity index (χ3n) is 6.53. The number of rotatable bonds is 5. The summed E-state index contributed by atoms with van der Waals surface area (Å²) in [5, 5.41) is 10.2. The molecule has 2 N–H and O–H groups in total. The molecule has 0 spiro atoms. The zero-order valence-electron chi connectivity index (χ0n) is 19.7. The zero-order valence-corrected chi connectivity index (χ0v) is 19.7. The van der Waals surface area contributed by atoms with E-state index >= 15 is 0 Å². The van der Waals surface area contributed by atoms with E-state index in [0.717, 1.165) is 40.8 Å².